The highest BCUT2D eigenvalue weighted by Gasteiger charge is 2.21. The first-order valence-corrected chi connectivity index (χ1v) is 7.69. The van der Waals surface area contributed by atoms with Gasteiger partial charge in [0.25, 0.3) is 5.91 Å². The van der Waals surface area contributed by atoms with Crippen molar-refractivity contribution >= 4 is 23.2 Å². The summed E-state index contributed by atoms with van der Waals surface area (Å²) in [6.45, 7) is 0.427. The number of para-hydroxylation sites is 1. The third kappa shape index (κ3) is 3.55. The second-order valence-electron chi connectivity index (χ2n) is 5.47. The maximum absolute atomic E-state index is 11.8. The molecule has 3 aromatic rings. The number of anilines is 3. The highest BCUT2D eigenvalue weighted by Crippen LogP contribution is 2.26. The number of carbonyl (C=O) groups is 1. The number of aromatic nitrogens is 2. The van der Waals surface area contributed by atoms with Crippen LogP contribution in [0.4, 0.5) is 17.3 Å². The third-order valence-electron chi connectivity index (χ3n) is 3.75. The van der Waals surface area contributed by atoms with Crippen molar-refractivity contribution in [2.75, 3.05) is 18.2 Å². The molecular formula is C18H19N5O2. The lowest BCUT2D eigenvalue weighted by molar-refractivity contribution is 0.100. The predicted molar refractivity (Wildman–Crippen MR) is 97.0 cm³/mol. The summed E-state index contributed by atoms with van der Waals surface area (Å²) in [6, 6.07) is 17.0. The Bertz CT molecular complexity index is 872. The van der Waals surface area contributed by atoms with Crippen molar-refractivity contribution in [3.05, 3.63) is 65.7 Å². The number of hydrogen-bond donors (Lipinski definition) is 3. The molecule has 0 bridgehead atoms. The molecule has 0 radical (unpaired) electrons. The molecule has 1 amide bonds. The normalized spacial score (nSPS) is 10.4. The van der Waals surface area contributed by atoms with Crippen LogP contribution < -0.4 is 21.5 Å². The number of benzene rings is 2. The Kier molecular flexibility index (Phi) is 4.56. The van der Waals surface area contributed by atoms with Gasteiger partial charge in [0.1, 0.15) is 17.1 Å². The van der Waals surface area contributed by atoms with Crippen LogP contribution in [0.3, 0.4) is 0 Å². The molecule has 0 aliphatic heterocycles. The zero-order valence-corrected chi connectivity index (χ0v) is 13.8. The number of primary amides is 1. The average molecular weight is 337 g/mol. The molecule has 0 unspecified atom stereocenters. The fraction of sp³-hybridized carbons (Fsp3) is 0.111. The van der Waals surface area contributed by atoms with E-state index in [9.17, 15) is 4.79 Å². The lowest BCUT2D eigenvalue weighted by Crippen LogP contribution is -2.15. The van der Waals surface area contributed by atoms with Gasteiger partial charge in [0.2, 0.25) is 0 Å². The molecule has 2 aromatic carbocycles. The second-order valence-corrected chi connectivity index (χ2v) is 5.47. The molecule has 128 valence electrons. The standard InChI is InChI=1S/C18H19N5O2/c1-25-14-9-7-12(8-10-14)11-23-18(15(17(20)24)16(19)22-23)21-13-5-3-2-4-6-13/h2-10,21H,11H2,1H3,(H2,19,22)(H2,20,24). The fourth-order valence-electron chi connectivity index (χ4n) is 2.53. The average Bonchev–Trinajstić information content (AvgIpc) is 2.91. The van der Waals surface area contributed by atoms with Gasteiger partial charge in [-0.1, -0.05) is 30.3 Å². The summed E-state index contributed by atoms with van der Waals surface area (Å²) in [4.78, 5) is 11.8. The van der Waals surface area contributed by atoms with Crippen molar-refractivity contribution in [1.82, 2.24) is 9.78 Å². The topological polar surface area (TPSA) is 108 Å². The number of amides is 1. The van der Waals surface area contributed by atoms with Gasteiger partial charge in [-0.25, -0.2) is 4.68 Å². The fourth-order valence-corrected chi connectivity index (χ4v) is 2.53. The van der Waals surface area contributed by atoms with Gasteiger partial charge in [-0.2, -0.15) is 5.10 Å². The molecule has 25 heavy (non-hydrogen) atoms. The van der Waals surface area contributed by atoms with E-state index in [1.165, 1.54) is 0 Å². The predicted octanol–water partition coefficient (Wildman–Crippen LogP) is 2.36. The Hall–Kier alpha value is -3.48. The van der Waals surface area contributed by atoms with Gasteiger partial charge < -0.3 is 21.5 Å². The van der Waals surface area contributed by atoms with E-state index in [4.69, 9.17) is 16.2 Å². The lowest BCUT2D eigenvalue weighted by Gasteiger charge is -2.11. The van der Waals surface area contributed by atoms with Crippen LogP contribution in [0.15, 0.2) is 54.6 Å². The zero-order valence-electron chi connectivity index (χ0n) is 13.8. The van der Waals surface area contributed by atoms with Gasteiger partial charge in [0.05, 0.1) is 13.7 Å². The van der Waals surface area contributed by atoms with Crippen LogP contribution in [0, 0.1) is 0 Å². The largest absolute Gasteiger partial charge is 0.497 e. The summed E-state index contributed by atoms with van der Waals surface area (Å²) in [6.07, 6.45) is 0. The molecule has 7 heteroatoms. The number of ether oxygens (including phenoxy) is 1. The van der Waals surface area contributed by atoms with E-state index < -0.39 is 5.91 Å². The number of nitrogens with zero attached hydrogens (tertiary/aromatic N) is 2. The number of carbonyl (C=O) groups excluding carboxylic acids is 1. The van der Waals surface area contributed by atoms with Crippen LogP contribution in [0.5, 0.6) is 5.75 Å². The van der Waals surface area contributed by atoms with Crippen LogP contribution in [-0.2, 0) is 6.54 Å². The minimum atomic E-state index is -0.628. The van der Waals surface area contributed by atoms with E-state index in [1.54, 1.807) is 11.8 Å². The maximum Gasteiger partial charge on any atom is 0.256 e. The van der Waals surface area contributed by atoms with E-state index in [0.717, 1.165) is 17.0 Å². The zero-order chi connectivity index (χ0) is 17.8. The molecule has 7 nitrogen and oxygen atoms in total. The molecule has 0 aliphatic carbocycles. The summed E-state index contributed by atoms with van der Waals surface area (Å²) >= 11 is 0. The highest BCUT2D eigenvalue weighted by atomic mass is 16.5. The Morgan fingerprint density at radius 1 is 1.16 bits per heavy atom. The summed E-state index contributed by atoms with van der Waals surface area (Å²) in [7, 11) is 1.62. The van der Waals surface area contributed by atoms with Crippen molar-refractivity contribution in [1.29, 1.82) is 0 Å². The third-order valence-corrected chi connectivity index (χ3v) is 3.75. The van der Waals surface area contributed by atoms with Gasteiger partial charge in [-0.15, -0.1) is 0 Å². The van der Waals surface area contributed by atoms with E-state index in [0.29, 0.717) is 12.4 Å². The number of nitrogens with one attached hydrogen (secondary N) is 1. The van der Waals surface area contributed by atoms with Crippen LogP contribution in [0.25, 0.3) is 0 Å². The second kappa shape index (κ2) is 6.96. The van der Waals surface area contributed by atoms with Crippen molar-refractivity contribution < 1.29 is 9.53 Å². The van der Waals surface area contributed by atoms with Crippen LogP contribution >= 0.6 is 0 Å². The first kappa shape index (κ1) is 16.4. The van der Waals surface area contributed by atoms with E-state index in [1.807, 2.05) is 54.6 Å². The molecule has 0 fully saturated rings. The van der Waals surface area contributed by atoms with Gasteiger partial charge in [-0.3, -0.25) is 4.79 Å². The van der Waals surface area contributed by atoms with E-state index in [-0.39, 0.29) is 11.4 Å². The van der Waals surface area contributed by atoms with Gasteiger partial charge in [0, 0.05) is 5.69 Å². The number of nitrogen functional groups attached to an aromatic ring is 1. The summed E-state index contributed by atoms with van der Waals surface area (Å²) in [5, 5.41) is 7.45. The monoisotopic (exact) mass is 337 g/mol. The quantitative estimate of drug-likeness (QED) is 0.640. The van der Waals surface area contributed by atoms with Crippen LogP contribution in [0.1, 0.15) is 15.9 Å². The first-order chi connectivity index (χ1) is 12.1. The maximum atomic E-state index is 11.8. The Morgan fingerprint density at radius 3 is 2.44 bits per heavy atom. The molecular weight excluding hydrogens is 318 g/mol. The molecule has 1 aromatic heterocycles. The van der Waals surface area contributed by atoms with Crippen molar-refractivity contribution in [2.45, 2.75) is 6.54 Å². The van der Waals surface area contributed by atoms with Gasteiger partial charge in [0.15, 0.2) is 5.82 Å². The molecule has 5 N–H and O–H groups in total. The smallest absolute Gasteiger partial charge is 0.256 e. The molecule has 3 rings (SSSR count). The Labute approximate surface area is 145 Å². The molecule has 1 heterocycles. The Balaban J connectivity index is 1.97. The Morgan fingerprint density at radius 2 is 1.84 bits per heavy atom. The van der Waals surface area contributed by atoms with Crippen molar-refractivity contribution in [3.63, 3.8) is 0 Å². The SMILES string of the molecule is COc1ccc(Cn2nc(N)c(C(N)=O)c2Nc2ccccc2)cc1. The number of hydrogen-bond acceptors (Lipinski definition) is 5. The molecule has 0 saturated carbocycles. The number of rotatable bonds is 6. The number of nitrogens with two attached hydrogens (primary N) is 2. The summed E-state index contributed by atoms with van der Waals surface area (Å²) in [5.41, 5.74) is 13.4. The van der Waals surface area contributed by atoms with E-state index >= 15 is 0 Å². The minimum Gasteiger partial charge on any atom is -0.497 e. The minimum absolute atomic E-state index is 0.0967. The highest BCUT2D eigenvalue weighted by molar-refractivity contribution is 6.02. The van der Waals surface area contributed by atoms with Gasteiger partial charge >= 0.3 is 0 Å². The first-order valence-electron chi connectivity index (χ1n) is 7.69. The van der Waals surface area contributed by atoms with Gasteiger partial charge in [-0.05, 0) is 29.8 Å². The molecule has 0 saturated heterocycles. The lowest BCUT2D eigenvalue weighted by atomic mass is 10.2. The molecule has 0 spiro atoms. The van der Waals surface area contributed by atoms with Crippen molar-refractivity contribution in [3.8, 4) is 5.75 Å². The van der Waals surface area contributed by atoms with E-state index in [2.05, 4.69) is 10.4 Å². The summed E-state index contributed by atoms with van der Waals surface area (Å²) < 4.78 is 6.79. The number of methoxy groups -OCH3 is 1. The van der Waals surface area contributed by atoms with Crippen molar-refractivity contribution in [2.24, 2.45) is 5.73 Å². The molecule has 0 aliphatic rings. The summed E-state index contributed by atoms with van der Waals surface area (Å²) in [5.74, 6) is 0.701. The van der Waals surface area contributed by atoms with Crippen LogP contribution in [0.2, 0.25) is 0 Å². The van der Waals surface area contributed by atoms with Crippen LogP contribution in [-0.4, -0.2) is 22.8 Å². The molecule has 0 atom stereocenters.